The van der Waals surface area contributed by atoms with Crippen LogP contribution in [0.4, 0.5) is 5.69 Å². The molecule has 1 unspecified atom stereocenters. The van der Waals surface area contributed by atoms with Gasteiger partial charge in [0.05, 0.1) is 16.8 Å². The Morgan fingerprint density at radius 1 is 1.04 bits per heavy atom. The molecule has 1 fully saturated rings. The van der Waals surface area contributed by atoms with Gasteiger partial charge in [-0.2, -0.15) is 0 Å². The van der Waals surface area contributed by atoms with Gasteiger partial charge in [0.2, 0.25) is 0 Å². The third kappa shape index (κ3) is 3.93. The Kier molecular flexibility index (Phi) is 5.53. The summed E-state index contributed by atoms with van der Waals surface area (Å²) in [7, 11) is 0. The Labute approximate surface area is 156 Å². The molecule has 2 aromatic rings. The molecule has 1 aliphatic heterocycles. The molecule has 3 rings (SSSR count). The van der Waals surface area contributed by atoms with Gasteiger partial charge in [0.1, 0.15) is 0 Å². The van der Waals surface area contributed by atoms with Gasteiger partial charge in [-0.25, -0.2) is 0 Å². The lowest BCUT2D eigenvalue weighted by atomic mass is 10.0. The number of hydrogen-bond donors (Lipinski definition) is 1. The molecule has 1 aliphatic rings. The SMILES string of the molecule is CC1CCCCN1C(=O)c1ccccc1NC(=O)c1ccccc1Br. The average molecular weight is 401 g/mol. The molecule has 5 heteroatoms. The van der Waals surface area contributed by atoms with Gasteiger partial charge in [-0.3, -0.25) is 9.59 Å². The summed E-state index contributed by atoms with van der Waals surface area (Å²) in [4.78, 5) is 27.5. The first-order valence-electron chi connectivity index (χ1n) is 8.54. The van der Waals surface area contributed by atoms with Crippen molar-refractivity contribution in [1.29, 1.82) is 0 Å². The van der Waals surface area contributed by atoms with Crippen molar-refractivity contribution >= 4 is 33.4 Å². The Bertz CT molecular complexity index is 791. The molecule has 2 aromatic carbocycles. The molecule has 1 N–H and O–H groups in total. The van der Waals surface area contributed by atoms with Crippen LogP contribution in [0.2, 0.25) is 0 Å². The number of para-hydroxylation sites is 1. The monoisotopic (exact) mass is 400 g/mol. The number of likely N-dealkylation sites (tertiary alicyclic amines) is 1. The second-order valence-electron chi connectivity index (χ2n) is 6.32. The minimum Gasteiger partial charge on any atom is -0.336 e. The number of benzene rings is 2. The fourth-order valence-corrected chi connectivity index (χ4v) is 3.63. The standard InChI is InChI=1S/C20H21BrN2O2/c1-14-8-6-7-13-23(14)20(25)16-10-3-5-12-18(16)22-19(24)15-9-2-4-11-17(15)21/h2-5,9-12,14H,6-8,13H2,1H3,(H,22,24). The van der Waals surface area contributed by atoms with Crippen LogP contribution in [-0.2, 0) is 0 Å². The molecule has 2 amide bonds. The van der Waals surface area contributed by atoms with E-state index in [1.54, 1.807) is 18.2 Å². The van der Waals surface area contributed by atoms with Crippen molar-refractivity contribution in [3.63, 3.8) is 0 Å². The number of halogens is 1. The van der Waals surface area contributed by atoms with Crippen LogP contribution >= 0.6 is 15.9 Å². The number of anilines is 1. The van der Waals surface area contributed by atoms with Crippen LogP contribution < -0.4 is 5.32 Å². The van der Waals surface area contributed by atoms with Crippen molar-refractivity contribution < 1.29 is 9.59 Å². The fraction of sp³-hybridized carbons (Fsp3) is 0.300. The van der Waals surface area contributed by atoms with Crippen molar-refractivity contribution in [2.45, 2.75) is 32.2 Å². The van der Waals surface area contributed by atoms with E-state index in [0.29, 0.717) is 16.8 Å². The lowest BCUT2D eigenvalue weighted by molar-refractivity contribution is 0.0636. The molecule has 0 aromatic heterocycles. The van der Waals surface area contributed by atoms with Gasteiger partial charge in [-0.05, 0) is 66.4 Å². The zero-order valence-corrected chi connectivity index (χ0v) is 15.8. The summed E-state index contributed by atoms with van der Waals surface area (Å²) in [5, 5.41) is 2.89. The second kappa shape index (κ2) is 7.83. The molecule has 0 saturated carbocycles. The van der Waals surface area contributed by atoms with Crippen molar-refractivity contribution in [1.82, 2.24) is 4.90 Å². The molecule has 130 valence electrons. The number of piperidine rings is 1. The van der Waals surface area contributed by atoms with Crippen LogP contribution in [0.1, 0.15) is 46.9 Å². The van der Waals surface area contributed by atoms with Gasteiger partial charge in [-0.15, -0.1) is 0 Å². The fourth-order valence-electron chi connectivity index (χ4n) is 3.17. The van der Waals surface area contributed by atoms with Crippen LogP contribution in [-0.4, -0.2) is 29.3 Å². The van der Waals surface area contributed by atoms with Gasteiger partial charge in [0.25, 0.3) is 11.8 Å². The minimum absolute atomic E-state index is 0.0183. The molecule has 0 aliphatic carbocycles. The highest BCUT2D eigenvalue weighted by Crippen LogP contribution is 2.24. The van der Waals surface area contributed by atoms with E-state index in [1.807, 2.05) is 35.2 Å². The van der Waals surface area contributed by atoms with Crippen molar-refractivity contribution in [3.05, 3.63) is 64.1 Å². The first-order valence-corrected chi connectivity index (χ1v) is 9.33. The number of hydrogen-bond acceptors (Lipinski definition) is 2. The smallest absolute Gasteiger partial charge is 0.256 e. The number of amides is 2. The summed E-state index contributed by atoms with van der Waals surface area (Å²) in [5.74, 6) is -0.255. The number of nitrogens with zero attached hydrogens (tertiary/aromatic N) is 1. The van der Waals surface area contributed by atoms with Crippen LogP contribution in [0, 0.1) is 0 Å². The largest absolute Gasteiger partial charge is 0.336 e. The van der Waals surface area contributed by atoms with E-state index in [1.165, 1.54) is 0 Å². The van der Waals surface area contributed by atoms with Crippen molar-refractivity contribution in [2.75, 3.05) is 11.9 Å². The summed E-state index contributed by atoms with van der Waals surface area (Å²) in [5.41, 5.74) is 1.62. The maximum absolute atomic E-state index is 13.0. The van der Waals surface area contributed by atoms with E-state index in [2.05, 4.69) is 28.2 Å². The Morgan fingerprint density at radius 2 is 1.72 bits per heavy atom. The van der Waals surface area contributed by atoms with E-state index in [4.69, 9.17) is 0 Å². The van der Waals surface area contributed by atoms with E-state index >= 15 is 0 Å². The predicted molar refractivity (Wildman–Crippen MR) is 103 cm³/mol. The first kappa shape index (κ1) is 17.7. The van der Waals surface area contributed by atoms with Gasteiger partial charge in [-0.1, -0.05) is 24.3 Å². The second-order valence-corrected chi connectivity index (χ2v) is 7.18. The molecule has 25 heavy (non-hydrogen) atoms. The van der Waals surface area contributed by atoms with Crippen LogP contribution in [0.15, 0.2) is 53.0 Å². The molecule has 0 bridgehead atoms. The summed E-state index contributed by atoms with van der Waals surface area (Å²) in [6, 6.07) is 14.7. The lowest BCUT2D eigenvalue weighted by Gasteiger charge is -2.34. The van der Waals surface area contributed by atoms with E-state index < -0.39 is 0 Å². The molecule has 4 nitrogen and oxygen atoms in total. The maximum Gasteiger partial charge on any atom is 0.256 e. The van der Waals surface area contributed by atoms with Crippen molar-refractivity contribution in [2.24, 2.45) is 0 Å². The van der Waals surface area contributed by atoms with Gasteiger partial charge >= 0.3 is 0 Å². The van der Waals surface area contributed by atoms with Crippen LogP contribution in [0.3, 0.4) is 0 Å². The zero-order chi connectivity index (χ0) is 17.8. The maximum atomic E-state index is 13.0. The predicted octanol–water partition coefficient (Wildman–Crippen LogP) is 4.72. The number of nitrogens with one attached hydrogen (secondary N) is 1. The summed E-state index contributed by atoms with van der Waals surface area (Å²) >= 11 is 3.39. The van der Waals surface area contributed by atoms with E-state index in [-0.39, 0.29) is 17.9 Å². The van der Waals surface area contributed by atoms with Gasteiger partial charge in [0, 0.05) is 17.1 Å². The van der Waals surface area contributed by atoms with Crippen molar-refractivity contribution in [3.8, 4) is 0 Å². The minimum atomic E-state index is -0.237. The highest BCUT2D eigenvalue weighted by molar-refractivity contribution is 9.10. The van der Waals surface area contributed by atoms with Crippen LogP contribution in [0.5, 0.6) is 0 Å². The zero-order valence-electron chi connectivity index (χ0n) is 14.2. The summed E-state index contributed by atoms with van der Waals surface area (Å²) < 4.78 is 0.723. The number of carbonyl (C=O) groups is 2. The highest BCUT2D eigenvalue weighted by Gasteiger charge is 2.26. The Balaban J connectivity index is 1.85. The third-order valence-electron chi connectivity index (χ3n) is 4.59. The molecule has 1 heterocycles. The normalized spacial score (nSPS) is 17.2. The first-order chi connectivity index (χ1) is 12.1. The summed E-state index contributed by atoms with van der Waals surface area (Å²) in [6.07, 6.45) is 3.21. The molecule has 0 radical (unpaired) electrons. The molecular formula is C20H21BrN2O2. The average Bonchev–Trinajstić information content (AvgIpc) is 2.62. The Hall–Kier alpha value is -2.14. The van der Waals surface area contributed by atoms with E-state index in [0.717, 1.165) is 30.3 Å². The van der Waals surface area contributed by atoms with Crippen LogP contribution in [0.25, 0.3) is 0 Å². The van der Waals surface area contributed by atoms with Gasteiger partial charge < -0.3 is 10.2 Å². The highest BCUT2D eigenvalue weighted by atomic mass is 79.9. The quantitative estimate of drug-likeness (QED) is 0.810. The number of rotatable bonds is 3. The molecule has 0 spiro atoms. The third-order valence-corrected chi connectivity index (χ3v) is 5.28. The topological polar surface area (TPSA) is 49.4 Å². The van der Waals surface area contributed by atoms with Gasteiger partial charge in [0.15, 0.2) is 0 Å². The summed E-state index contributed by atoms with van der Waals surface area (Å²) in [6.45, 7) is 2.85. The van der Waals surface area contributed by atoms with E-state index in [9.17, 15) is 9.59 Å². The lowest BCUT2D eigenvalue weighted by Crippen LogP contribution is -2.42. The molecular weight excluding hydrogens is 380 g/mol. The number of carbonyl (C=O) groups excluding carboxylic acids is 2. The molecule has 1 saturated heterocycles. The molecule has 1 atom stereocenters. The Morgan fingerprint density at radius 3 is 2.44 bits per heavy atom.